The summed E-state index contributed by atoms with van der Waals surface area (Å²) < 4.78 is 0. The Balaban J connectivity index is 1.78. The SMILES string of the molecule is CN(C(=O)CCc1ccsc1)C1CCNC1. The molecule has 0 radical (unpaired) electrons. The highest BCUT2D eigenvalue weighted by molar-refractivity contribution is 7.07. The quantitative estimate of drug-likeness (QED) is 0.862. The van der Waals surface area contributed by atoms with Gasteiger partial charge in [0.25, 0.3) is 0 Å². The Morgan fingerprint density at radius 3 is 3.19 bits per heavy atom. The Hall–Kier alpha value is -0.870. The number of hydrogen-bond donors (Lipinski definition) is 1. The van der Waals surface area contributed by atoms with Gasteiger partial charge in [-0.3, -0.25) is 4.79 Å². The molecular weight excluding hydrogens is 220 g/mol. The lowest BCUT2D eigenvalue weighted by Gasteiger charge is -2.23. The van der Waals surface area contributed by atoms with Crippen molar-refractivity contribution >= 4 is 17.2 Å². The van der Waals surface area contributed by atoms with E-state index in [1.807, 2.05) is 11.9 Å². The highest BCUT2D eigenvalue weighted by Crippen LogP contribution is 2.12. The first-order chi connectivity index (χ1) is 7.77. The van der Waals surface area contributed by atoms with Crippen LogP contribution in [0.2, 0.25) is 0 Å². The number of carbonyl (C=O) groups excluding carboxylic acids is 1. The van der Waals surface area contributed by atoms with Crippen LogP contribution in [0.1, 0.15) is 18.4 Å². The normalized spacial score (nSPS) is 19.9. The molecule has 4 heteroatoms. The fourth-order valence-electron chi connectivity index (χ4n) is 2.04. The number of hydrogen-bond acceptors (Lipinski definition) is 3. The van der Waals surface area contributed by atoms with E-state index in [0.29, 0.717) is 12.5 Å². The van der Waals surface area contributed by atoms with Crippen LogP contribution in [0.5, 0.6) is 0 Å². The van der Waals surface area contributed by atoms with Crippen molar-refractivity contribution in [1.29, 1.82) is 0 Å². The lowest BCUT2D eigenvalue weighted by molar-refractivity contribution is -0.131. The molecule has 1 aliphatic rings. The highest BCUT2D eigenvalue weighted by Gasteiger charge is 2.22. The summed E-state index contributed by atoms with van der Waals surface area (Å²) in [5.74, 6) is 0.264. The summed E-state index contributed by atoms with van der Waals surface area (Å²) in [5, 5.41) is 7.46. The minimum atomic E-state index is 0.264. The first-order valence-electron chi connectivity index (χ1n) is 5.75. The van der Waals surface area contributed by atoms with Crippen LogP contribution in [-0.4, -0.2) is 37.0 Å². The second-order valence-corrected chi connectivity index (χ2v) is 5.06. The molecule has 1 aromatic rings. The van der Waals surface area contributed by atoms with Gasteiger partial charge in [-0.05, 0) is 41.8 Å². The van der Waals surface area contributed by atoms with Crippen LogP contribution in [0.3, 0.4) is 0 Å². The number of nitrogens with one attached hydrogen (secondary N) is 1. The summed E-state index contributed by atoms with van der Waals surface area (Å²) >= 11 is 1.69. The number of nitrogens with zero attached hydrogens (tertiary/aromatic N) is 1. The smallest absolute Gasteiger partial charge is 0.222 e. The molecule has 1 atom stereocenters. The molecule has 0 aliphatic carbocycles. The fourth-order valence-corrected chi connectivity index (χ4v) is 2.74. The maximum atomic E-state index is 11.9. The van der Waals surface area contributed by atoms with E-state index in [-0.39, 0.29) is 5.91 Å². The van der Waals surface area contributed by atoms with Gasteiger partial charge in [0.1, 0.15) is 0 Å². The van der Waals surface area contributed by atoms with Crippen LogP contribution >= 0.6 is 11.3 Å². The van der Waals surface area contributed by atoms with Gasteiger partial charge in [-0.2, -0.15) is 11.3 Å². The standard InChI is InChI=1S/C12H18N2OS/c1-14(11-4-6-13-8-11)12(15)3-2-10-5-7-16-9-10/h5,7,9,11,13H,2-4,6,8H2,1H3. The average Bonchev–Trinajstić information content (AvgIpc) is 2.96. The highest BCUT2D eigenvalue weighted by atomic mass is 32.1. The van der Waals surface area contributed by atoms with Crippen molar-refractivity contribution in [3.8, 4) is 0 Å². The van der Waals surface area contributed by atoms with Crippen molar-refractivity contribution in [2.24, 2.45) is 0 Å². The Morgan fingerprint density at radius 1 is 1.69 bits per heavy atom. The monoisotopic (exact) mass is 238 g/mol. The minimum Gasteiger partial charge on any atom is -0.341 e. The van der Waals surface area contributed by atoms with Crippen molar-refractivity contribution in [3.05, 3.63) is 22.4 Å². The molecule has 0 aromatic carbocycles. The first kappa shape index (κ1) is 11.6. The van der Waals surface area contributed by atoms with Crippen molar-refractivity contribution in [2.45, 2.75) is 25.3 Å². The Morgan fingerprint density at radius 2 is 2.56 bits per heavy atom. The molecule has 1 aliphatic heterocycles. The molecule has 3 nitrogen and oxygen atoms in total. The average molecular weight is 238 g/mol. The van der Waals surface area contributed by atoms with E-state index >= 15 is 0 Å². The third-order valence-electron chi connectivity index (χ3n) is 3.18. The van der Waals surface area contributed by atoms with Crippen LogP contribution in [0.25, 0.3) is 0 Å². The Kier molecular flexibility index (Phi) is 3.96. The second kappa shape index (κ2) is 5.46. The lowest BCUT2D eigenvalue weighted by atomic mass is 10.1. The predicted molar refractivity (Wildman–Crippen MR) is 66.7 cm³/mol. The zero-order valence-corrected chi connectivity index (χ0v) is 10.4. The van der Waals surface area contributed by atoms with Gasteiger partial charge in [0.2, 0.25) is 5.91 Å². The molecule has 0 spiro atoms. The van der Waals surface area contributed by atoms with Crippen LogP contribution in [0.15, 0.2) is 16.8 Å². The van der Waals surface area contributed by atoms with Crippen LogP contribution in [0, 0.1) is 0 Å². The number of aryl methyl sites for hydroxylation is 1. The van der Waals surface area contributed by atoms with E-state index in [0.717, 1.165) is 25.9 Å². The van der Waals surface area contributed by atoms with Gasteiger partial charge in [-0.15, -0.1) is 0 Å². The van der Waals surface area contributed by atoms with Gasteiger partial charge in [0.05, 0.1) is 0 Å². The first-order valence-corrected chi connectivity index (χ1v) is 6.69. The minimum absolute atomic E-state index is 0.264. The molecule has 88 valence electrons. The topological polar surface area (TPSA) is 32.3 Å². The number of thiophene rings is 1. The van der Waals surface area contributed by atoms with Crippen molar-refractivity contribution in [2.75, 3.05) is 20.1 Å². The van der Waals surface area contributed by atoms with Crippen molar-refractivity contribution in [1.82, 2.24) is 10.2 Å². The molecule has 0 bridgehead atoms. The number of carbonyl (C=O) groups is 1. The van der Waals surface area contributed by atoms with Gasteiger partial charge in [-0.25, -0.2) is 0 Å². The molecular formula is C12H18N2OS. The second-order valence-electron chi connectivity index (χ2n) is 4.28. The summed E-state index contributed by atoms with van der Waals surface area (Å²) in [6.07, 6.45) is 2.58. The van der Waals surface area contributed by atoms with Gasteiger partial charge < -0.3 is 10.2 Å². The predicted octanol–water partition coefficient (Wildman–Crippen LogP) is 1.50. The summed E-state index contributed by atoms with van der Waals surface area (Å²) in [7, 11) is 1.92. The third-order valence-corrected chi connectivity index (χ3v) is 3.92. The maximum absolute atomic E-state index is 11.9. The number of likely N-dealkylation sites (N-methyl/N-ethyl adjacent to an activating group) is 1. The van der Waals surface area contributed by atoms with Crippen LogP contribution in [-0.2, 0) is 11.2 Å². The summed E-state index contributed by atoms with van der Waals surface area (Å²) in [6, 6.07) is 2.49. The molecule has 2 heterocycles. The summed E-state index contributed by atoms with van der Waals surface area (Å²) in [6.45, 7) is 1.98. The lowest BCUT2D eigenvalue weighted by Crippen LogP contribution is -2.38. The Labute approximate surface area is 100 Å². The van der Waals surface area contributed by atoms with E-state index in [9.17, 15) is 4.79 Å². The van der Waals surface area contributed by atoms with E-state index in [1.165, 1.54) is 5.56 Å². The van der Waals surface area contributed by atoms with Gasteiger partial charge >= 0.3 is 0 Å². The molecule has 1 aromatic heterocycles. The van der Waals surface area contributed by atoms with Crippen LogP contribution in [0.4, 0.5) is 0 Å². The third kappa shape index (κ3) is 2.83. The molecule has 1 saturated heterocycles. The van der Waals surface area contributed by atoms with E-state index < -0.39 is 0 Å². The molecule has 1 N–H and O–H groups in total. The number of rotatable bonds is 4. The van der Waals surface area contributed by atoms with Gasteiger partial charge in [-0.1, -0.05) is 0 Å². The van der Waals surface area contributed by atoms with Crippen molar-refractivity contribution < 1.29 is 4.79 Å². The number of amides is 1. The zero-order valence-electron chi connectivity index (χ0n) is 9.61. The maximum Gasteiger partial charge on any atom is 0.222 e. The fraction of sp³-hybridized carbons (Fsp3) is 0.583. The van der Waals surface area contributed by atoms with Crippen LogP contribution < -0.4 is 5.32 Å². The molecule has 1 fully saturated rings. The summed E-state index contributed by atoms with van der Waals surface area (Å²) in [5.41, 5.74) is 1.27. The van der Waals surface area contributed by atoms with Gasteiger partial charge in [0, 0.05) is 26.1 Å². The Bertz CT molecular complexity index is 331. The largest absolute Gasteiger partial charge is 0.341 e. The zero-order chi connectivity index (χ0) is 11.4. The van der Waals surface area contributed by atoms with Crippen molar-refractivity contribution in [3.63, 3.8) is 0 Å². The van der Waals surface area contributed by atoms with E-state index in [1.54, 1.807) is 11.3 Å². The summed E-state index contributed by atoms with van der Waals surface area (Å²) in [4.78, 5) is 13.8. The van der Waals surface area contributed by atoms with Gasteiger partial charge in [0.15, 0.2) is 0 Å². The molecule has 16 heavy (non-hydrogen) atoms. The molecule has 1 amide bonds. The molecule has 1 unspecified atom stereocenters. The van der Waals surface area contributed by atoms with E-state index in [4.69, 9.17) is 0 Å². The molecule has 2 rings (SSSR count). The molecule has 0 saturated carbocycles. The van der Waals surface area contributed by atoms with E-state index in [2.05, 4.69) is 22.1 Å².